The van der Waals surface area contributed by atoms with Gasteiger partial charge in [-0.05, 0) is 98.2 Å². The molecule has 3 rings (SSSR count). The summed E-state index contributed by atoms with van der Waals surface area (Å²) in [6, 6.07) is 0. The number of fused-ring (bicyclic) bond motifs is 1. The van der Waals surface area contributed by atoms with Crippen LogP contribution < -0.4 is 9.41 Å². The maximum absolute atomic E-state index is 14.1. The number of hydrogen-bond acceptors (Lipinski definition) is 12. The first-order valence-electron chi connectivity index (χ1n) is 16.7. The number of aromatic nitrogens is 4. The van der Waals surface area contributed by atoms with Crippen LogP contribution in [0, 0.1) is 0 Å². The van der Waals surface area contributed by atoms with Crippen molar-refractivity contribution in [1.29, 1.82) is 0 Å². The van der Waals surface area contributed by atoms with Crippen molar-refractivity contribution in [2.45, 2.75) is 142 Å². The molecular weight excluding hydrogens is 734 g/mol. The van der Waals surface area contributed by atoms with Crippen molar-refractivity contribution in [3.63, 3.8) is 0 Å². The second-order valence-electron chi connectivity index (χ2n) is 18.4. The molecule has 1 saturated heterocycles. The number of nitrogens with one attached hydrogen (secondary N) is 1. The molecule has 2 aromatic rings. The van der Waals surface area contributed by atoms with Crippen LogP contribution in [0.2, 0.25) is 118 Å². The highest BCUT2D eigenvalue weighted by Crippen LogP contribution is 2.54. The van der Waals surface area contributed by atoms with E-state index in [2.05, 4.69) is 83.5 Å². The Morgan fingerprint density at radius 1 is 0.750 bits per heavy atom. The molecule has 0 radical (unpaired) electrons. The third-order valence-electron chi connectivity index (χ3n) is 5.99. The normalized spacial score (nSPS) is 22.0. The molecule has 1 fully saturated rings. The zero-order valence-corrected chi connectivity index (χ0v) is 39.5. The van der Waals surface area contributed by atoms with Crippen LogP contribution >= 0.6 is 7.82 Å². The van der Waals surface area contributed by atoms with Gasteiger partial charge in [0, 0.05) is 0 Å². The molecule has 20 heteroatoms. The molecule has 1 unspecified atom stereocenters. The van der Waals surface area contributed by atoms with Gasteiger partial charge in [-0.25, -0.2) is 9.55 Å². The molecule has 2 aromatic heterocycles. The van der Waals surface area contributed by atoms with E-state index in [0.717, 1.165) is 0 Å². The molecule has 0 aromatic carbocycles. The predicted octanol–water partition coefficient (Wildman–Crippen LogP) is 8.45. The van der Waals surface area contributed by atoms with Gasteiger partial charge in [0.05, 0.1) is 12.9 Å². The number of nitrogens with zero attached hydrogens (tertiary/aromatic N) is 4. The summed E-state index contributed by atoms with van der Waals surface area (Å²) in [5.41, 5.74) is 1.11. The molecule has 4 atom stereocenters. The quantitative estimate of drug-likeness (QED) is 0.129. The van der Waals surface area contributed by atoms with Crippen LogP contribution in [0.15, 0.2) is 6.33 Å². The average Bonchev–Trinajstić information content (AvgIpc) is 3.32. The van der Waals surface area contributed by atoms with E-state index in [0.29, 0.717) is 23.0 Å². The highest BCUT2D eigenvalue weighted by Gasteiger charge is 2.52. The summed E-state index contributed by atoms with van der Waals surface area (Å²) >= 11 is 0. The van der Waals surface area contributed by atoms with Crippen molar-refractivity contribution >= 4 is 74.8 Å². The molecule has 1 N–H and O–H groups in total. The lowest BCUT2D eigenvalue weighted by Gasteiger charge is -2.35. The van der Waals surface area contributed by atoms with Gasteiger partial charge in [0.1, 0.15) is 26.5 Å². The fourth-order valence-electron chi connectivity index (χ4n) is 4.89. The number of anilines is 1. The average molecular weight is 796 g/mol. The summed E-state index contributed by atoms with van der Waals surface area (Å²) in [5, 5.41) is 0. The molecule has 0 spiro atoms. The summed E-state index contributed by atoms with van der Waals surface area (Å²) in [6.45, 7) is 37.4. The maximum atomic E-state index is 14.1. The lowest BCUT2D eigenvalue weighted by atomic mass is 10.1. The van der Waals surface area contributed by atoms with E-state index < -0.39 is 82.2 Å². The molecule has 276 valence electrons. The summed E-state index contributed by atoms with van der Waals surface area (Å²) in [7, 11) is -16.8. The number of ether oxygens (including phenoxy) is 1. The number of rotatable bonds is 16. The molecular formula is C28H62N5O8PSi6. The highest BCUT2D eigenvalue weighted by atomic mass is 31.2. The highest BCUT2D eigenvalue weighted by molar-refractivity contribution is 7.52. The second kappa shape index (κ2) is 14.5. The lowest BCUT2D eigenvalue weighted by Crippen LogP contribution is -2.48. The van der Waals surface area contributed by atoms with E-state index >= 15 is 0 Å². The molecule has 48 heavy (non-hydrogen) atoms. The van der Waals surface area contributed by atoms with E-state index in [9.17, 15) is 4.57 Å². The van der Waals surface area contributed by atoms with Gasteiger partial charge in [-0.3, -0.25) is 9.09 Å². The molecule has 1 aliphatic rings. The van der Waals surface area contributed by atoms with Crippen molar-refractivity contribution < 1.29 is 35.5 Å². The Kier molecular flexibility index (Phi) is 12.6. The molecule has 0 saturated carbocycles. The van der Waals surface area contributed by atoms with Crippen LogP contribution in [0.5, 0.6) is 5.88 Å². The van der Waals surface area contributed by atoms with Gasteiger partial charge >= 0.3 is 7.82 Å². The minimum Gasteiger partial charge on any atom is -0.530 e. The van der Waals surface area contributed by atoms with Crippen LogP contribution in [0.1, 0.15) is 6.23 Å². The number of imidazole rings is 1. The zero-order valence-electron chi connectivity index (χ0n) is 32.6. The van der Waals surface area contributed by atoms with Crippen molar-refractivity contribution in [1.82, 2.24) is 19.5 Å². The van der Waals surface area contributed by atoms with Gasteiger partial charge in [0.15, 0.2) is 50.7 Å². The van der Waals surface area contributed by atoms with Gasteiger partial charge in [-0.2, -0.15) is 9.97 Å². The predicted molar refractivity (Wildman–Crippen MR) is 209 cm³/mol. The van der Waals surface area contributed by atoms with E-state index in [4.69, 9.17) is 45.9 Å². The fraction of sp³-hybridized carbons (Fsp3) is 0.821. The summed E-state index contributed by atoms with van der Waals surface area (Å²) in [6.07, 6.45) is -0.682. The first-order chi connectivity index (χ1) is 21.3. The standard InChI is InChI=1S/C28H62N5O8PSi6/c1-43(2,3)32-28-30-25-22(26(31-28)39-46(10,11)12)29-20-33(25)27-24(38-45(7,8)9)23(37-44(4,5)6)21(36-27)19-35-42(34,40-47(13,14)15)41-48(16,17)18/h20-21,23-24,27H,19H2,1-18H3,(H,30,31,32)/t21-,23-,24-,27?/m1/s1. The largest absolute Gasteiger partial charge is 0.530 e. The van der Waals surface area contributed by atoms with Crippen LogP contribution in [0.3, 0.4) is 0 Å². The monoisotopic (exact) mass is 795 g/mol. The first-order valence-corrected chi connectivity index (χ1v) is 38.7. The van der Waals surface area contributed by atoms with Gasteiger partial charge in [0.25, 0.3) is 0 Å². The summed E-state index contributed by atoms with van der Waals surface area (Å²) in [5.74, 6) is 0.932. The first kappa shape index (κ1) is 41.9. The molecule has 1 aliphatic heterocycles. The lowest BCUT2D eigenvalue weighted by molar-refractivity contribution is -0.0473. The van der Waals surface area contributed by atoms with E-state index in [1.807, 2.05) is 43.8 Å². The second-order valence-corrected chi connectivity index (χ2v) is 47.5. The Balaban J connectivity index is 2.17. The van der Waals surface area contributed by atoms with Gasteiger partial charge in [-0.15, -0.1) is 0 Å². The van der Waals surface area contributed by atoms with Crippen molar-refractivity contribution in [2.75, 3.05) is 11.6 Å². The molecule has 3 heterocycles. The van der Waals surface area contributed by atoms with Crippen molar-refractivity contribution in [3.8, 4) is 5.88 Å². The minimum atomic E-state index is -3.92. The Morgan fingerprint density at radius 3 is 1.73 bits per heavy atom. The molecule has 0 aliphatic carbocycles. The number of hydrogen-bond donors (Lipinski definition) is 1. The smallest absolute Gasteiger partial charge is 0.455 e. The van der Waals surface area contributed by atoms with Crippen LogP contribution in [0.4, 0.5) is 5.95 Å². The van der Waals surface area contributed by atoms with Crippen LogP contribution in [0.25, 0.3) is 11.2 Å². The Bertz CT molecular complexity index is 1440. The van der Waals surface area contributed by atoms with Crippen molar-refractivity contribution in [3.05, 3.63) is 6.33 Å². The van der Waals surface area contributed by atoms with E-state index in [1.165, 1.54) is 0 Å². The van der Waals surface area contributed by atoms with Gasteiger partial charge < -0.3 is 31.4 Å². The summed E-state index contributed by atoms with van der Waals surface area (Å²) in [4.78, 5) is 18.0. The molecule has 0 amide bonds. The Labute approximate surface area is 294 Å². The SMILES string of the molecule is C[Si](C)(C)Nc1nc(O[Si](C)(C)C)c2ncn(C3O[C@H](COP(=O)(O[Si](C)(C)C)O[Si](C)(C)C)[C@@H](O[Si](C)(C)C)[C@H]3O[Si](C)(C)C)c2n1. The van der Waals surface area contributed by atoms with E-state index in [1.54, 1.807) is 6.33 Å². The van der Waals surface area contributed by atoms with Gasteiger partial charge in [-0.1, -0.05) is 19.6 Å². The third-order valence-corrected chi connectivity index (χ3v) is 16.4. The van der Waals surface area contributed by atoms with Gasteiger partial charge in [0.2, 0.25) is 20.1 Å². The van der Waals surface area contributed by atoms with E-state index in [-0.39, 0.29) is 6.61 Å². The van der Waals surface area contributed by atoms with Crippen LogP contribution in [-0.4, -0.2) is 94.3 Å². The fourth-order valence-corrected chi connectivity index (χ4v) is 15.2. The maximum Gasteiger partial charge on any atom is 0.455 e. The summed E-state index contributed by atoms with van der Waals surface area (Å²) < 4.78 is 61.4. The number of phosphoric acid groups is 1. The van der Waals surface area contributed by atoms with Crippen LogP contribution in [-0.2, 0) is 31.1 Å². The van der Waals surface area contributed by atoms with Crippen molar-refractivity contribution in [2.24, 2.45) is 0 Å². The Morgan fingerprint density at radius 2 is 1.27 bits per heavy atom. The topological polar surface area (TPSA) is 137 Å². The molecule has 13 nitrogen and oxygen atoms in total. The molecule has 0 bridgehead atoms. The Hall–Kier alpha value is -0.559. The third kappa shape index (κ3) is 13.2. The minimum absolute atomic E-state index is 0.0720. The zero-order chi connectivity index (χ0) is 36.9.